The molecule has 0 bridgehead atoms. The van der Waals surface area contributed by atoms with Gasteiger partial charge < -0.3 is 9.32 Å². The van der Waals surface area contributed by atoms with Gasteiger partial charge >= 0.3 is 0 Å². The number of carbonyl (C=O) groups excluding carboxylic acids is 1. The van der Waals surface area contributed by atoms with Crippen LogP contribution in [0.25, 0.3) is 5.69 Å². The summed E-state index contributed by atoms with van der Waals surface area (Å²) in [7, 11) is 0. The Labute approximate surface area is 180 Å². The minimum atomic E-state index is 0.0270. The zero-order valence-electron chi connectivity index (χ0n) is 17.2. The largest absolute Gasteiger partial charge is 0.467 e. The topological polar surface area (TPSA) is 77.1 Å². The first-order chi connectivity index (χ1) is 14.6. The highest BCUT2D eigenvalue weighted by Crippen LogP contribution is 2.26. The average molecular weight is 424 g/mol. The predicted molar refractivity (Wildman–Crippen MR) is 115 cm³/mol. The van der Waals surface area contributed by atoms with E-state index in [0.29, 0.717) is 11.7 Å². The Morgan fingerprint density at radius 3 is 2.87 bits per heavy atom. The molecule has 0 saturated carbocycles. The van der Waals surface area contributed by atoms with E-state index in [-0.39, 0.29) is 11.7 Å². The Morgan fingerprint density at radius 2 is 2.13 bits per heavy atom. The van der Waals surface area contributed by atoms with Crippen molar-refractivity contribution in [2.24, 2.45) is 0 Å². The van der Waals surface area contributed by atoms with Gasteiger partial charge in [0, 0.05) is 5.70 Å². The highest BCUT2D eigenvalue weighted by atomic mass is 32.2. The zero-order valence-corrected chi connectivity index (χ0v) is 18.1. The average Bonchev–Trinajstić information content (AvgIpc) is 3.45. The van der Waals surface area contributed by atoms with Crippen molar-refractivity contribution < 1.29 is 9.21 Å². The molecule has 30 heavy (non-hydrogen) atoms. The van der Waals surface area contributed by atoms with Gasteiger partial charge in [0.1, 0.15) is 5.76 Å². The number of aryl methyl sites for hydroxylation is 2. The maximum absolute atomic E-state index is 13.2. The smallest absolute Gasteiger partial charge is 0.237 e. The summed E-state index contributed by atoms with van der Waals surface area (Å²) in [5, 5.41) is 12.7. The Balaban J connectivity index is 1.49. The van der Waals surface area contributed by atoms with Crippen LogP contribution in [-0.4, -0.2) is 36.8 Å². The molecule has 2 heterocycles. The SMILES string of the molecule is Cc1ccc(-n2nnnc2SCC(=O)N(Cc2ccco2)C2=CCCCC2)cc1C. The minimum Gasteiger partial charge on any atom is -0.467 e. The fraction of sp³-hybridized carbons (Fsp3) is 0.364. The van der Waals surface area contributed by atoms with Crippen molar-refractivity contribution in [2.45, 2.75) is 51.2 Å². The number of hydrogen-bond acceptors (Lipinski definition) is 6. The van der Waals surface area contributed by atoms with Gasteiger partial charge in [-0.1, -0.05) is 23.9 Å². The number of allylic oxidation sites excluding steroid dienone is 2. The maximum Gasteiger partial charge on any atom is 0.237 e. The Kier molecular flexibility index (Phi) is 6.32. The van der Waals surface area contributed by atoms with Gasteiger partial charge in [0.2, 0.25) is 11.1 Å². The van der Waals surface area contributed by atoms with Gasteiger partial charge in [0.15, 0.2) is 0 Å². The number of carbonyl (C=O) groups is 1. The second kappa shape index (κ2) is 9.30. The summed E-state index contributed by atoms with van der Waals surface area (Å²) >= 11 is 1.35. The first-order valence-electron chi connectivity index (χ1n) is 10.1. The van der Waals surface area contributed by atoms with Crippen LogP contribution in [0.5, 0.6) is 0 Å². The van der Waals surface area contributed by atoms with Crippen LogP contribution in [0, 0.1) is 13.8 Å². The zero-order chi connectivity index (χ0) is 20.9. The first kappa shape index (κ1) is 20.4. The summed E-state index contributed by atoms with van der Waals surface area (Å²) in [6.45, 7) is 4.57. The van der Waals surface area contributed by atoms with Crippen molar-refractivity contribution in [1.29, 1.82) is 0 Å². The van der Waals surface area contributed by atoms with Crippen molar-refractivity contribution in [3.63, 3.8) is 0 Å². The van der Waals surface area contributed by atoms with E-state index in [9.17, 15) is 4.79 Å². The number of hydrogen-bond donors (Lipinski definition) is 0. The van der Waals surface area contributed by atoms with Crippen LogP contribution in [0.1, 0.15) is 42.6 Å². The third-order valence-corrected chi connectivity index (χ3v) is 6.21. The number of tetrazole rings is 1. The maximum atomic E-state index is 13.2. The summed E-state index contributed by atoms with van der Waals surface area (Å²) in [5.74, 6) is 1.06. The van der Waals surface area contributed by atoms with Crippen LogP contribution in [0.3, 0.4) is 0 Å². The normalized spacial score (nSPS) is 13.9. The van der Waals surface area contributed by atoms with Crippen molar-refractivity contribution in [3.05, 3.63) is 65.3 Å². The molecular weight excluding hydrogens is 398 g/mol. The molecule has 1 aliphatic carbocycles. The van der Waals surface area contributed by atoms with Crippen LogP contribution in [0.2, 0.25) is 0 Å². The Hall–Kier alpha value is -2.87. The third-order valence-electron chi connectivity index (χ3n) is 5.31. The van der Waals surface area contributed by atoms with Crippen molar-refractivity contribution >= 4 is 17.7 Å². The van der Waals surface area contributed by atoms with Gasteiger partial charge in [-0.25, -0.2) is 0 Å². The summed E-state index contributed by atoms with van der Waals surface area (Å²) in [5.41, 5.74) is 4.35. The standard InChI is InChI=1S/C22H25N5O2S/c1-16-10-11-19(13-17(16)2)27-22(23-24-25-27)30-15-21(28)26(14-20-9-6-12-29-20)18-7-4-3-5-8-18/h6-7,9-13H,3-5,8,14-15H2,1-2H3. The molecular formula is C22H25N5O2S. The third kappa shape index (κ3) is 4.64. The predicted octanol–water partition coefficient (Wildman–Crippen LogP) is 4.45. The highest BCUT2D eigenvalue weighted by Gasteiger charge is 2.22. The van der Waals surface area contributed by atoms with Crippen LogP contribution in [0.4, 0.5) is 0 Å². The van der Waals surface area contributed by atoms with Gasteiger partial charge in [-0.3, -0.25) is 4.79 Å². The Bertz CT molecular complexity index is 1040. The van der Waals surface area contributed by atoms with Crippen molar-refractivity contribution in [1.82, 2.24) is 25.1 Å². The molecule has 0 saturated heterocycles. The molecule has 0 radical (unpaired) electrons. The lowest BCUT2D eigenvalue weighted by molar-refractivity contribution is -0.127. The van der Waals surface area contributed by atoms with E-state index >= 15 is 0 Å². The summed E-state index contributed by atoms with van der Waals surface area (Å²) in [4.78, 5) is 15.0. The number of thioether (sulfide) groups is 1. The molecule has 0 atom stereocenters. The van der Waals surface area contributed by atoms with E-state index in [1.54, 1.807) is 10.9 Å². The van der Waals surface area contributed by atoms with E-state index < -0.39 is 0 Å². The van der Waals surface area contributed by atoms with Crippen molar-refractivity contribution in [2.75, 3.05) is 5.75 Å². The molecule has 0 fully saturated rings. The quantitative estimate of drug-likeness (QED) is 0.523. The number of furan rings is 1. The molecule has 7 nitrogen and oxygen atoms in total. The number of nitrogens with zero attached hydrogens (tertiary/aromatic N) is 5. The lowest BCUT2D eigenvalue weighted by atomic mass is 10.0. The molecule has 0 aliphatic heterocycles. The fourth-order valence-corrected chi connectivity index (χ4v) is 4.23. The minimum absolute atomic E-state index is 0.0270. The molecule has 2 aromatic heterocycles. The molecule has 0 unspecified atom stereocenters. The van der Waals surface area contributed by atoms with Crippen LogP contribution in [-0.2, 0) is 11.3 Å². The lowest BCUT2D eigenvalue weighted by Crippen LogP contribution is -2.32. The molecule has 0 spiro atoms. The van der Waals surface area contributed by atoms with Crippen molar-refractivity contribution in [3.8, 4) is 5.69 Å². The summed E-state index contributed by atoms with van der Waals surface area (Å²) < 4.78 is 7.17. The van der Waals surface area contributed by atoms with Crippen LogP contribution in [0.15, 0.2) is 57.9 Å². The molecule has 0 N–H and O–H groups in total. The summed E-state index contributed by atoms with van der Waals surface area (Å²) in [6.07, 6.45) is 8.01. The molecule has 8 heteroatoms. The van der Waals surface area contributed by atoms with Gasteiger partial charge in [0.25, 0.3) is 0 Å². The van der Waals surface area contributed by atoms with E-state index in [1.807, 2.05) is 35.2 Å². The number of amides is 1. The highest BCUT2D eigenvalue weighted by molar-refractivity contribution is 7.99. The van der Waals surface area contributed by atoms with Gasteiger partial charge in [0.05, 0.1) is 24.2 Å². The number of aromatic nitrogens is 4. The van der Waals surface area contributed by atoms with Gasteiger partial charge in [-0.05, 0) is 85.3 Å². The second-order valence-electron chi connectivity index (χ2n) is 7.43. The van der Waals surface area contributed by atoms with E-state index in [4.69, 9.17) is 4.42 Å². The summed E-state index contributed by atoms with van der Waals surface area (Å²) in [6, 6.07) is 9.83. The molecule has 156 valence electrons. The molecule has 1 aromatic carbocycles. The fourth-order valence-electron chi connectivity index (χ4n) is 3.47. The second-order valence-corrected chi connectivity index (χ2v) is 8.37. The Morgan fingerprint density at radius 1 is 1.23 bits per heavy atom. The van der Waals surface area contributed by atoms with E-state index in [1.165, 1.54) is 29.3 Å². The lowest BCUT2D eigenvalue weighted by Gasteiger charge is -2.27. The molecule has 1 amide bonds. The molecule has 3 aromatic rings. The molecule has 4 rings (SSSR count). The van der Waals surface area contributed by atoms with Gasteiger partial charge in [-0.2, -0.15) is 4.68 Å². The van der Waals surface area contributed by atoms with Gasteiger partial charge in [-0.15, -0.1) is 5.10 Å². The van der Waals surface area contributed by atoms with Crippen LogP contribution < -0.4 is 0 Å². The van der Waals surface area contributed by atoms with Crippen LogP contribution >= 0.6 is 11.8 Å². The van der Waals surface area contributed by atoms with E-state index in [0.717, 1.165) is 36.4 Å². The number of rotatable bonds is 7. The number of benzene rings is 1. The first-order valence-corrected chi connectivity index (χ1v) is 11.1. The monoisotopic (exact) mass is 423 g/mol. The van der Waals surface area contributed by atoms with E-state index in [2.05, 4.69) is 35.4 Å². The molecule has 1 aliphatic rings.